The minimum absolute atomic E-state index is 0. The van der Waals surface area contributed by atoms with E-state index in [4.69, 9.17) is 0 Å². The van der Waals surface area contributed by atoms with E-state index >= 15 is 0 Å². The molecule has 0 bridgehead atoms. The Morgan fingerprint density at radius 3 is 1.57 bits per heavy atom. The summed E-state index contributed by atoms with van der Waals surface area (Å²) in [4.78, 5) is 0. The van der Waals surface area contributed by atoms with E-state index in [1.54, 1.807) is 11.5 Å². The van der Waals surface area contributed by atoms with Gasteiger partial charge in [-0.1, -0.05) is 26.5 Å². The monoisotopic (exact) mass is 214 g/mol. The lowest BCUT2D eigenvalue weighted by Crippen LogP contribution is -1.41. The van der Waals surface area contributed by atoms with Gasteiger partial charge in [-0.2, -0.15) is 12.6 Å². The van der Waals surface area contributed by atoms with Crippen LogP contribution in [0.3, 0.4) is 0 Å². The van der Waals surface area contributed by atoms with Gasteiger partial charge in [0, 0.05) is 0 Å². The average Bonchev–Trinajstić information content (AvgIpc) is 2.09. The molecule has 0 amide bonds. The minimum atomic E-state index is 0. The summed E-state index contributed by atoms with van der Waals surface area (Å²) in [6.07, 6.45) is 8.58. The van der Waals surface area contributed by atoms with Crippen LogP contribution in [0, 0.1) is 0 Å². The summed E-state index contributed by atoms with van der Waals surface area (Å²) in [5.41, 5.74) is 2.86. The van der Waals surface area contributed by atoms with Gasteiger partial charge in [-0.25, -0.2) is 0 Å². The summed E-state index contributed by atoms with van der Waals surface area (Å²) < 4.78 is 0. The molecule has 14 heavy (non-hydrogen) atoms. The fraction of sp³-hybridized carbons (Fsp3) is 0.462. The van der Waals surface area contributed by atoms with Gasteiger partial charge in [-0.3, -0.25) is 0 Å². The summed E-state index contributed by atoms with van der Waals surface area (Å²) in [7, 11) is 0. The van der Waals surface area contributed by atoms with Crippen molar-refractivity contribution in [2.75, 3.05) is 0 Å². The molecular formula is C13H26S. The van der Waals surface area contributed by atoms with E-state index in [9.17, 15) is 0 Å². The van der Waals surface area contributed by atoms with Crippen LogP contribution in [0.1, 0.15) is 41.5 Å². The molecule has 0 heterocycles. The van der Waals surface area contributed by atoms with E-state index in [0.29, 0.717) is 0 Å². The molecule has 0 aromatic rings. The molecule has 0 unspecified atom stereocenters. The van der Waals surface area contributed by atoms with E-state index in [1.807, 2.05) is 39.0 Å². The Bertz CT molecular complexity index is 143. The zero-order valence-corrected chi connectivity index (χ0v) is 10.1. The number of rotatable bonds is 1. The summed E-state index contributed by atoms with van der Waals surface area (Å²) >= 11 is 3.82. The predicted molar refractivity (Wildman–Crippen MR) is 75.0 cm³/mol. The Balaban J connectivity index is -0.0000000535. The highest BCUT2D eigenvalue weighted by Gasteiger charge is 1.52. The molecule has 0 aliphatic carbocycles. The van der Waals surface area contributed by atoms with E-state index in [1.165, 1.54) is 0 Å². The van der Waals surface area contributed by atoms with Crippen molar-refractivity contribution in [2.45, 2.75) is 41.5 Å². The van der Waals surface area contributed by atoms with Gasteiger partial charge in [0.25, 0.3) is 0 Å². The van der Waals surface area contributed by atoms with Crippen LogP contribution in [0.4, 0.5) is 0 Å². The fourth-order valence-corrected chi connectivity index (χ4v) is 0.483. The van der Waals surface area contributed by atoms with E-state index in [0.717, 1.165) is 6.42 Å². The van der Waals surface area contributed by atoms with E-state index in [-0.39, 0.29) is 7.43 Å². The zero-order valence-electron chi connectivity index (χ0n) is 9.25. The molecule has 0 radical (unpaired) electrons. The maximum atomic E-state index is 3.82. The van der Waals surface area contributed by atoms with Crippen LogP contribution < -0.4 is 0 Å². The fourth-order valence-electron chi connectivity index (χ4n) is 0.272. The van der Waals surface area contributed by atoms with Crippen LogP contribution in [0.15, 0.2) is 42.0 Å². The lowest BCUT2D eigenvalue weighted by atomic mass is 10.5. The van der Waals surface area contributed by atoms with Crippen LogP contribution in [-0.4, -0.2) is 0 Å². The molecule has 0 nitrogen and oxygen atoms in total. The van der Waals surface area contributed by atoms with Crippen LogP contribution in [0.5, 0.6) is 0 Å². The van der Waals surface area contributed by atoms with Gasteiger partial charge in [0.1, 0.15) is 0 Å². The summed E-state index contributed by atoms with van der Waals surface area (Å²) in [6, 6.07) is 0. The van der Waals surface area contributed by atoms with Crippen molar-refractivity contribution >= 4 is 12.6 Å². The third-order valence-corrected chi connectivity index (χ3v) is 0.885. The zero-order chi connectivity index (χ0) is 10.9. The summed E-state index contributed by atoms with van der Waals surface area (Å²) in [5.74, 6) is 0. The quantitative estimate of drug-likeness (QED) is 0.337. The second-order valence-electron chi connectivity index (χ2n) is 1.95. The Morgan fingerprint density at radius 1 is 1.21 bits per heavy atom. The van der Waals surface area contributed by atoms with Crippen molar-refractivity contribution in [2.24, 2.45) is 0 Å². The van der Waals surface area contributed by atoms with Crippen LogP contribution >= 0.6 is 12.6 Å². The highest BCUT2D eigenvalue weighted by molar-refractivity contribution is 7.83. The first kappa shape index (κ1) is 23.3. The van der Waals surface area contributed by atoms with Gasteiger partial charge in [0.15, 0.2) is 0 Å². The second-order valence-corrected chi connectivity index (χ2v) is 2.24. The standard InChI is InChI=1S/C5H8.C4H8S.C3H6.CH4/c1-3-5-4-2;1-2-3-4-5;1-3-2;/h3-4H,1-2H3;3-5H,2H2,1H3;3H,1H2,2H3;1H4. The van der Waals surface area contributed by atoms with Gasteiger partial charge in [0.2, 0.25) is 0 Å². The lowest BCUT2D eigenvalue weighted by Gasteiger charge is -1.64. The third-order valence-electron chi connectivity index (χ3n) is 0.674. The number of hydrogen-bond acceptors (Lipinski definition) is 1. The number of allylic oxidation sites excluding steroid dienone is 3. The van der Waals surface area contributed by atoms with Crippen molar-refractivity contribution in [1.82, 2.24) is 0 Å². The Hall–Kier alpha value is -0.650. The molecule has 0 fully saturated rings. The Labute approximate surface area is 96.5 Å². The number of thiol groups is 1. The first-order valence-corrected chi connectivity index (χ1v) is 4.94. The Morgan fingerprint density at radius 2 is 1.57 bits per heavy atom. The molecule has 0 aliphatic heterocycles. The van der Waals surface area contributed by atoms with Crippen molar-refractivity contribution in [3.8, 4) is 0 Å². The first-order valence-electron chi connectivity index (χ1n) is 4.42. The molecule has 0 N–H and O–H groups in total. The highest BCUT2D eigenvalue weighted by atomic mass is 32.1. The topological polar surface area (TPSA) is 0 Å². The molecule has 0 atom stereocenters. The molecule has 0 saturated heterocycles. The lowest BCUT2D eigenvalue weighted by molar-refractivity contribution is 1.23. The van der Waals surface area contributed by atoms with E-state index < -0.39 is 0 Å². The van der Waals surface area contributed by atoms with E-state index in [2.05, 4.69) is 31.9 Å². The molecule has 1 heteroatoms. The smallest absolute Gasteiger partial charge is 0.0364 e. The predicted octanol–water partition coefficient (Wildman–Crippen LogP) is 5.41. The molecule has 0 aromatic carbocycles. The van der Waals surface area contributed by atoms with Gasteiger partial charge in [0.05, 0.1) is 0 Å². The SMILES string of the molecule is C.C=CC.CC=C=CC.CCC=CS. The normalized spacial score (nSPS) is 6.36. The maximum absolute atomic E-state index is 3.82. The van der Waals surface area contributed by atoms with Crippen LogP contribution in [-0.2, 0) is 0 Å². The number of hydrogen-bond donors (Lipinski definition) is 1. The molecule has 0 saturated carbocycles. The van der Waals surface area contributed by atoms with Crippen molar-refractivity contribution in [1.29, 1.82) is 0 Å². The molecule has 0 rings (SSSR count). The van der Waals surface area contributed by atoms with Crippen molar-refractivity contribution < 1.29 is 0 Å². The van der Waals surface area contributed by atoms with Gasteiger partial charge >= 0.3 is 0 Å². The molecule has 0 aromatic heterocycles. The summed E-state index contributed by atoms with van der Waals surface area (Å²) in [5, 5.41) is 1.75. The van der Waals surface area contributed by atoms with Crippen LogP contribution in [0.25, 0.3) is 0 Å². The second kappa shape index (κ2) is 39.5. The Kier molecular flexibility index (Phi) is 65.6. The van der Waals surface area contributed by atoms with Crippen LogP contribution in [0.2, 0.25) is 0 Å². The van der Waals surface area contributed by atoms with Gasteiger partial charge in [-0.15, -0.1) is 12.3 Å². The molecule has 0 spiro atoms. The minimum Gasteiger partial charge on any atom is -0.152 e. The summed E-state index contributed by atoms with van der Waals surface area (Å²) in [6.45, 7) is 11.2. The highest BCUT2D eigenvalue weighted by Crippen LogP contribution is 1.79. The van der Waals surface area contributed by atoms with Crippen molar-refractivity contribution in [3.63, 3.8) is 0 Å². The molecular weight excluding hydrogens is 188 g/mol. The van der Waals surface area contributed by atoms with Gasteiger partial charge in [-0.05, 0) is 44.8 Å². The first-order chi connectivity index (χ1) is 6.24. The molecule has 84 valence electrons. The van der Waals surface area contributed by atoms with Crippen molar-refractivity contribution in [3.05, 3.63) is 42.0 Å². The van der Waals surface area contributed by atoms with Gasteiger partial charge < -0.3 is 0 Å². The molecule has 0 aliphatic rings. The average molecular weight is 214 g/mol. The largest absolute Gasteiger partial charge is 0.152 e. The third kappa shape index (κ3) is 108. The maximum Gasteiger partial charge on any atom is -0.0364 e.